The van der Waals surface area contributed by atoms with Crippen LogP contribution < -0.4 is 11.2 Å². The average Bonchev–Trinajstić information content (AvgIpc) is 1.87. The quantitative estimate of drug-likeness (QED) is 0.195. The fourth-order valence-electron chi connectivity index (χ4n) is 0.239. The van der Waals surface area contributed by atoms with Gasteiger partial charge in [0.05, 0.1) is 0 Å². The second-order valence-electron chi connectivity index (χ2n) is 1.83. The Bertz CT molecular complexity index is 152. The summed E-state index contributed by atoms with van der Waals surface area (Å²) in [6, 6.07) is 0. The third-order valence-electron chi connectivity index (χ3n) is 0.765. The highest BCUT2D eigenvalue weighted by Gasteiger charge is 1.95. The van der Waals surface area contributed by atoms with Crippen molar-refractivity contribution < 1.29 is 5.21 Å². The van der Waals surface area contributed by atoms with Gasteiger partial charge in [0, 0.05) is 14.1 Å². The summed E-state index contributed by atoms with van der Waals surface area (Å²) in [5.41, 5.74) is 6.64. The zero-order chi connectivity index (χ0) is 8.15. The Morgan fingerprint density at radius 3 is 2.50 bits per heavy atom. The van der Waals surface area contributed by atoms with E-state index in [2.05, 4.69) is 4.99 Å². The summed E-state index contributed by atoms with van der Waals surface area (Å²) >= 11 is 0. The van der Waals surface area contributed by atoms with Crippen molar-refractivity contribution >= 4 is 11.9 Å². The first-order valence-electron chi connectivity index (χ1n) is 2.58. The topological polar surface area (TPSA) is 97.7 Å². The Hall–Kier alpha value is -1.30. The molecule has 0 spiro atoms. The fourth-order valence-corrected chi connectivity index (χ4v) is 0.239. The molecule has 0 radical (unpaired) electrons. The van der Waals surface area contributed by atoms with Gasteiger partial charge in [-0.25, -0.2) is 5.48 Å². The van der Waals surface area contributed by atoms with Gasteiger partial charge in [-0.2, -0.15) is 4.99 Å². The van der Waals surface area contributed by atoms with Gasteiger partial charge in [0.15, 0.2) is 0 Å². The van der Waals surface area contributed by atoms with Crippen molar-refractivity contribution in [3.05, 3.63) is 0 Å². The van der Waals surface area contributed by atoms with Gasteiger partial charge in [0.2, 0.25) is 11.9 Å². The van der Waals surface area contributed by atoms with Crippen LogP contribution >= 0.6 is 0 Å². The average molecular weight is 145 g/mol. The summed E-state index contributed by atoms with van der Waals surface area (Å²) in [6.45, 7) is 0. The molecular formula is C4H11N5O. The number of nitrogens with zero attached hydrogens (tertiary/aromatic N) is 2. The minimum absolute atomic E-state index is 0.0287. The molecule has 0 unspecified atom stereocenters. The largest absolute Gasteiger partial charge is 0.368 e. The molecule has 0 aromatic carbocycles. The van der Waals surface area contributed by atoms with Crippen LogP contribution in [0.15, 0.2) is 4.99 Å². The number of hydrogen-bond donors (Lipinski definition) is 4. The molecule has 6 heteroatoms. The van der Waals surface area contributed by atoms with Crippen molar-refractivity contribution in [1.29, 1.82) is 5.41 Å². The highest BCUT2D eigenvalue weighted by molar-refractivity contribution is 5.91. The third kappa shape index (κ3) is 2.88. The van der Waals surface area contributed by atoms with Gasteiger partial charge in [-0.3, -0.25) is 10.6 Å². The van der Waals surface area contributed by atoms with E-state index in [9.17, 15) is 0 Å². The second kappa shape index (κ2) is 3.67. The molecule has 0 saturated carbocycles. The lowest BCUT2D eigenvalue weighted by Gasteiger charge is -2.08. The molecule has 0 aliphatic rings. The van der Waals surface area contributed by atoms with Crippen molar-refractivity contribution in [3.8, 4) is 0 Å². The Labute approximate surface area is 58.8 Å². The normalized spacial score (nSPS) is 10.9. The Balaban J connectivity index is 4.00. The van der Waals surface area contributed by atoms with Crippen LogP contribution in [0.3, 0.4) is 0 Å². The van der Waals surface area contributed by atoms with Crippen LogP contribution in [-0.4, -0.2) is 36.1 Å². The van der Waals surface area contributed by atoms with E-state index in [-0.39, 0.29) is 11.9 Å². The number of hydrogen-bond acceptors (Lipinski definition) is 2. The predicted molar refractivity (Wildman–Crippen MR) is 38.0 cm³/mol. The molecule has 5 N–H and O–H groups in total. The SMILES string of the molecule is CN(C)C(=N)/N=C(/N)NO. The summed E-state index contributed by atoms with van der Waals surface area (Å²) in [4.78, 5) is 4.89. The van der Waals surface area contributed by atoms with E-state index in [0.29, 0.717) is 0 Å². The number of rotatable bonds is 0. The van der Waals surface area contributed by atoms with Crippen molar-refractivity contribution in [2.45, 2.75) is 0 Å². The van der Waals surface area contributed by atoms with E-state index in [4.69, 9.17) is 16.4 Å². The molecule has 0 heterocycles. The standard InChI is InChI=1S/C4H11N5O/c1-9(2)4(6)7-3(5)8-10/h10H,1-2H3,(H4,5,6,7,8). The zero-order valence-electron chi connectivity index (χ0n) is 5.92. The molecule has 0 aliphatic carbocycles. The van der Waals surface area contributed by atoms with Gasteiger partial charge in [0.25, 0.3) is 0 Å². The van der Waals surface area contributed by atoms with Crippen LogP contribution in [-0.2, 0) is 0 Å². The number of aliphatic imine (C=N–C) groups is 1. The molecule has 0 bridgehead atoms. The molecule has 10 heavy (non-hydrogen) atoms. The Kier molecular flexibility index (Phi) is 3.20. The maximum absolute atomic E-state index is 8.14. The first-order chi connectivity index (χ1) is 4.57. The summed E-state index contributed by atoms with van der Waals surface area (Å²) < 4.78 is 0. The summed E-state index contributed by atoms with van der Waals surface area (Å²) in [7, 11) is 3.30. The number of guanidine groups is 2. The lowest BCUT2D eigenvalue weighted by atomic mass is 10.8. The Morgan fingerprint density at radius 1 is 1.70 bits per heavy atom. The highest BCUT2D eigenvalue weighted by Crippen LogP contribution is 1.78. The number of nitrogens with one attached hydrogen (secondary N) is 2. The van der Waals surface area contributed by atoms with Crippen LogP contribution in [0.1, 0.15) is 0 Å². The monoisotopic (exact) mass is 145 g/mol. The van der Waals surface area contributed by atoms with Gasteiger partial charge < -0.3 is 10.6 Å². The smallest absolute Gasteiger partial charge is 0.220 e. The molecule has 58 valence electrons. The van der Waals surface area contributed by atoms with Crippen molar-refractivity contribution in [3.63, 3.8) is 0 Å². The highest BCUT2D eigenvalue weighted by atomic mass is 16.5. The van der Waals surface area contributed by atoms with E-state index in [1.54, 1.807) is 19.6 Å². The van der Waals surface area contributed by atoms with Crippen LogP contribution in [0, 0.1) is 5.41 Å². The van der Waals surface area contributed by atoms with Crippen LogP contribution in [0.4, 0.5) is 0 Å². The molecule has 0 aromatic rings. The van der Waals surface area contributed by atoms with E-state index < -0.39 is 0 Å². The number of hydroxylamine groups is 1. The Morgan fingerprint density at radius 2 is 2.20 bits per heavy atom. The summed E-state index contributed by atoms with van der Waals surface area (Å²) in [6.07, 6.45) is 0. The van der Waals surface area contributed by atoms with Crippen molar-refractivity contribution in [2.75, 3.05) is 14.1 Å². The molecule has 0 fully saturated rings. The first-order valence-corrected chi connectivity index (χ1v) is 2.58. The van der Waals surface area contributed by atoms with Crippen molar-refractivity contribution in [2.24, 2.45) is 10.7 Å². The van der Waals surface area contributed by atoms with Crippen LogP contribution in [0.2, 0.25) is 0 Å². The third-order valence-corrected chi connectivity index (χ3v) is 0.765. The first kappa shape index (κ1) is 8.70. The number of nitrogens with two attached hydrogens (primary N) is 1. The maximum Gasteiger partial charge on any atom is 0.220 e. The second-order valence-corrected chi connectivity index (χ2v) is 1.83. The molecule has 0 aliphatic heterocycles. The molecular weight excluding hydrogens is 134 g/mol. The van der Waals surface area contributed by atoms with Gasteiger partial charge in [-0.1, -0.05) is 0 Å². The van der Waals surface area contributed by atoms with Gasteiger partial charge in [0.1, 0.15) is 0 Å². The lowest BCUT2D eigenvalue weighted by Crippen LogP contribution is -2.31. The zero-order valence-corrected chi connectivity index (χ0v) is 5.92. The summed E-state index contributed by atoms with van der Waals surface area (Å²) in [5.74, 6) is -0.224. The maximum atomic E-state index is 8.14. The summed E-state index contributed by atoms with van der Waals surface area (Å²) in [5, 5.41) is 15.2. The molecule has 0 rings (SSSR count). The minimum atomic E-state index is -0.196. The minimum Gasteiger partial charge on any atom is -0.368 e. The van der Waals surface area contributed by atoms with Crippen molar-refractivity contribution in [1.82, 2.24) is 10.4 Å². The van der Waals surface area contributed by atoms with E-state index in [1.807, 2.05) is 0 Å². The molecule has 0 saturated heterocycles. The molecule has 0 aromatic heterocycles. The van der Waals surface area contributed by atoms with Gasteiger partial charge in [-0.05, 0) is 0 Å². The van der Waals surface area contributed by atoms with E-state index in [1.165, 1.54) is 4.90 Å². The van der Waals surface area contributed by atoms with E-state index >= 15 is 0 Å². The fraction of sp³-hybridized carbons (Fsp3) is 0.500. The lowest BCUT2D eigenvalue weighted by molar-refractivity contribution is 0.233. The molecule has 6 nitrogen and oxygen atoms in total. The van der Waals surface area contributed by atoms with Gasteiger partial charge in [-0.15, -0.1) is 0 Å². The van der Waals surface area contributed by atoms with Gasteiger partial charge >= 0.3 is 0 Å². The molecule has 0 amide bonds. The van der Waals surface area contributed by atoms with Crippen LogP contribution in [0.25, 0.3) is 0 Å². The van der Waals surface area contributed by atoms with Crippen LogP contribution in [0.5, 0.6) is 0 Å². The predicted octanol–water partition coefficient (Wildman–Crippen LogP) is -1.22. The molecule has 0 atom stereocenters. The van der Waals surface area contributed by atoms with E-state index in [0.717, 1.165) is 0 Å².